The van der Waals surface area contributed by atoms with E-state index in [0.717, 1.165) is 35.8 Å². The molecular weight excluding hydrogens is 330 g/mol. The number of benzene rings is 1. The van der Waals surface area contributed by atoms with Crippen LogP contribution in [-0.4, -0.2) is 16.6 Å². The number of hydrogen-bond donors (Lipinski definition) is 1. The van der Waals surface area contributed by atoms with Crippen molar-refractivity contribution >= 4 is 21.7 Å². The topological polar surface area (TPSA) is 47.0 Å². The number of ether oxygens (including phenoxy) is 1. The number of rotatable bonds is 7. The Hall–Kier alpha value is -1.46. The molecule has 0 amide bonds. The number of aromatic nitrogens is 2. The second kappa shape index (κ2) is 8.10. The van der Waals surface area contributed by atoms with Crippen molar-refractivity contribution in [1.29, 1.82) is 0 Å². The van der Waals surface area contributed by atoms with Crippen LogP contribution in [0.2, 0.25) is 0 Å². The van der Waals surface area contributed by atoms with E-state index < -0.39 is 0 Å². The van der Waals surface area contributed by atoms with E-state index in [0.29, 0.717) is 6.61 Å². The van der Waals surface area contributed by atoms with Gasteiger partial charge in [-0.25, -0.2) is 9.97 Å². The van der Waals surface area contributed by atoms with Gasteiger partial charge in [0.05, 0.1) is 6.61 Å². The lowest BCUT2D eigenvalue weighted by Gasteiger charge is -2.11. The third-order valence-corrected chi connectivity index (χ3v) is 3.50. The summed E-state index contributed by atoms with van der Waals surface area (Å²) in [7, 11) is 0. The monoisotopic (exact) mass is 349 g/mol. The van der Waals surface area contributed by atoms with E-state index >= 15 is 0 Å². The van der Waals surface area contributed by atoms with Gasteiger partial charge in [-0.15, -0.1) is 0 Å². The largest absolute Gasteiger partial charge is 0.377 e. The van der Waals surface area contributed by atoms with E-state index in [4.69, 9.17) is 4.74 Å². The van der Waals surface area contributed by atoms with Crippen molar-refractivity contribution in [2.75, 3.05) is 11.9 Å². The summed E-state index contributed by atoms with van der Waals surface area (Å²) in [5, 5.41) is 3.36. The van der Waals surface area contributed by atoms with Gasteiger partial charge in [-0.05, 0) is 34.0 Å². The fourth-order valence-corrected chi connectivity index (χ4v) is 2.40. The van der Waals surface area contributed by atoms with Crippen LogP contribution in [0.4, 0.5) is 5.82 Å². The smallest absolute Gasteiger partial charge is 0.131 e. The molecule has 0 aliphatic heterocycles. The Morgan fingerprint density at radius 3 is 2.62 bits per heavy atom. The molecule has 112 valence electrons. The number of nitrogens with one attached hydrogen (secondary N) is 1. The number of anilines is 1. The summed E-state index contributed by atoms with van der Waals surface area (Å²) in [5.41, 5.74) is 2.43. The third kappa shape index (κ3) is 4.79. The van der Waals surface area contributed by atoms with Gasteiger partial charge in [-0.3, -0.25) is 0 Å². The molecule has 1 N–H and O–H groups in total. The molecule has 0 saturated carbocycles. The molecule has 4 nitrogen and oxygen atoms in total. The molecule has 0 saturated heterocycles. The summed E-state index contributed by atoms with van der Waals surface area (Å²) in [6.45, 7) is 6.13. The Morgan fingerprint density at radius 1 is 1.14 bits per heavy atom. The van der Waals surface area contributed by atoms with Crippen LogP contribution in [0.25, 0.3) is 0 Å². The average molecular weight is 350 g/mol. The molecular formula is C16H20BrN3O. The normalized spacial score (nSPS) is 10.6. The van der Waals surface area contributed by atoms with Crippen molar-refractivity contribution in [3.05, 3.63) is 51.9 Å². The van der Waals surface area contributed by atoms with Crippen molar-refractivity contribution in [2.24, 2.45) is 0 Å². The van der Waals surface area contributed by atoms with Crippen molar-refractivity contribution < 1.29 is 4.74 Å². The second-order valence-electron chi connectivity index (χ2n) is 4.61. The van der Waals surface area contributed by atoms with E-state index in [2.05, 4.69) is 43.3 Å². The van der Waals surface area contributed by atoms with E-state index in [1.807, 2.05) is 32.0 Å². The van der Waals surface area contributed by atoms with E-state index in [1.54, 1.807) is 0 Å². The average Bonchev–Trinajstić information content (AvgIpc) is 2.51. The van der Waals surface area contributed by atoms with Crippen LogP contribution in [-0.2, 0) is 24.3 Å². The van der Waals surface area contributed by atoms with Gasteiger partial charge in [0.2, 0.25) is 0 Å². The van der Waals surface area contributed by atoms with Crippen LogP contribution >= 0.6 is 15.9 Å². The number of aryl methyl sites for hydroxylation is 1. The van der Waals surface area contributed by atoms with Gasteiger partial charge in [0, 0.05) is 25.6 Å². The first-order valence-electron chi connectivity index (χ1n) is 7.14. The van der Waals surface area contributed by atoms with Crippen LogP contribution in [0, 0.1) is 0 Å². The van der Waals surface area contributed by atoms with Gasteiger partial charge in [-0.2, -0.15) is 0 Å². The van der Waals surface area contributed by atoms with Crippen LogP contribution in [0.3, 0.4) is 0 Å². The molecule has 1 aromatic carbocycles. The van der Waals surface area contributed by atoms with Gasteiger partial charge in [0.1, 0.15) is 16.2 Å². The summed E-state index contributed by atoms with van der Waals surface area (Å²) in [6.07, 6.45) is 0.815. The first-order valence-corrected chi connectivity index (χ1v) is 7.94. The van der Waals surface area contributed by atoms with Crippen molar-refractivity contribution in [3.63, 3.8) is 0 Å². The first-order chi connectivity index (χ1) is 10.2. The lowest BCUT2D eigenvalue weighted by Crippen LogP contribution is -2.07. The molecule has 0 aliphatic carbocycles. The Morgan fingerprint density at radius 2 is 1.90 bits per heavy atom. The standard InChI is InChI=1S/C16H20BrN3O/c1-3-15-19-14(17)9-16(20-15)18-10-12-7-5-6-8-13(12)11-21-4-2/h5-9H,3-4,10-11H2,1-2H3,(H,18,19,20). The molecule has 0 fully saturated rings. The third-order valence-electron chi connectivity index (χ3n) is 3.10. The lowest BCUT2D eigenvalue weighted by atomic mass is 10.1. The highest BCUT2D eigenvalue weighted by atomic mass is 79.9. The van der Waals surface area contributed by atoms with Crippen LogP contribution in [0.1, 0.15) is 30.8 Å². The quantitative estimate of drug-likeness (QED) is 0.768. The molecule has 0 aliphatic rings. The van der Waals surface area contributed by atoms with Gasteiger partial charge >= 0.3 is 0 Å². The summed E-state index contributed by atoms with van der Waals surface area (Å²) >= 11 is 3.42. The molecule has 0 unspecified atom stereocenters. The Bertz CT molecular complexity index is 589. The number of halogens is 1. The number of hydrogen-bond acceptors (Lipinski definition) is 4. The molecule has 0 atom stereocenters. The molecule has 0 bridgehead atoms. The van der Waals surface area contributed by atoms with E-state index in [-0.39, 0.29) is 0 Å². The maximum Gasteiger partial charge on any atom is 0.131 e. The van der Waals surface area contributed by atoms with Gasteiger partial charge in [0.15, 0.2) is 0 Å². The SMILES string of the molecule is CCOCc1ccccc1CNc1cc(Br)nc(CC)n1. The van der Waals surface area contributed by atoms with Gasteiger partial charge < -0.3 is 10.1 Å². The molecule has 2 rings (SSSR count). The fraction of sp³-hybridized carbons (Fsp3) is 0.375. The molecule has 2 aromatic rings. The van der Waals surface area contributed by atoms with Crippen LogP contribution in [0.5, 0.6) is 0 Å². The van der Waals surface area contributed by atoms with Crippen molar-refractivity contribution in [2.45, 2.75) is 33.4 Å². The molecule has 0 radical (unpaired) electrons. The Balaban J connectivity index is 2.07. The Labute approximate surface area is 134 Å². The van der Waals surface area contributed by atoms with Crippen molar-refractivity contribution in [3.8, 4) is 0 Å². The summed E-state index contributed by atoms with van der Waals surface area (Å²) in [4.78, 5) is 8.79. The zero-order chi connectivity index (χ0) is 15.1. The molecule has 0 spiro atoms. The summed E-state index contributed by atoms with van der Waals surface area (Å²) in [6, 6.07) is 10.2. The zero-order valence-electron chi connectivity index (χ0n) is 12.4. The minimum atomic E-state index is 0.641. The highest BCUT2D eigenvalue weighted by molar-refractivity contribution is 9.10. The Kier molecular flexibility index (Phi) is 6.14. The zero-order valence-corrected chi connectivity index (χ0v) is 14.0. The fourth-order valence-electron chi connectivity index (χ4n) is 1.98. The maximum atomic E-state index is 5.51. The number of nitrogens with zero attached hydrogens (tertiary/aromatic N) is 2. The van der Waals surface area contributed by atoms with E-state index in [9.17, 15) is 0 Å². The van der Waals surface area contributed by atoms with E-state index in [1.165, 1.54) is 11.1 Å². The summed E-state index contributed by atoms with van der Waals surface area (Å²) < 4.78 is 6.31. The highest BCUT2D eigenvalue weighted by Gasteiger charge is 2.04. The lowest BCUT2D eigenvalue weighted by molar-refractivity contribution is 0.133. The first kappa shape index (κ1) is 15.9. The minimum Gasteiger partial charge on any atom is -0.377 e. The maximum absolute atomic E-state index is 5.51. The molecule has 1 heterocycles. The summed E-state index contributed by atoms with van der Waals surface area (Å²) in [5.74, 6) is 1.66. The molecule has 1 aromatic heterocycles. The van der Waals surface area contributed by atoms with Crippen LogP contribution in [0.15, 0.2) is 34.9 Å². The van der Waals surface area contributed by atoms with Gasteiger partial charge in [-0.1, -0.05) is 31.2 Å². The molecule has 5 heteroatoms. The van der Waals surface area contributed by atoms with Gasteiger partial charge in [0.25, 0.3) is 0 Å². The predicted octanol–water partition coefficient (Wildman–Crippen LogP) is 3.95. The van der Waals surface area contributed by atoms with Crippen LogP contribution < -0.4 is 5.32 Å². The minimum absolute atomic E-state index is 0.641. The highest BCUT2D eigenvalue weighted by Crippen LogP contribution is 2.16. The van der Waals surface area contributed by atoms with Crippen molar-refractivity contribution in [1.82, 2.24) is 9.97 Å². The predicted molar refractivity (Wildman–Crippen MR) is 88.2 cm³/mol. The second-order valence-corrected chi connectivity index (χ2v) is 5.42. The molecule has 21 heavy (non-hydrogen) atoms.